The molecule has 0 amide bonds. The molecule has 4 rings (SSSR count). The van der Waals surface area contributed by atoms with Crippen LogP contribution in [-0.4, -0.2) is 53.1 Å². The molecular formula is C24H28NO4+. The summed E-state index contributed by atoms with van der Waals surface area (Å²) in [5.41, 5.74) is 1.30. The van der Waals surface area contributed by atoms with Crippen molar-refractivity contribution in [2.75, 3.05) is 13.6 Å². The van der Waals surface area contributed by atoms with E-state index < -0.39 is 12.1 Å². The Bertz CT molecular complexity index is 853. The lowest BCUT2D eigenvalue weighted by atomic mass is 9.95. The van der Waals surface area contributed by atoms with Gasteiger partial charge in [0.15, 0.2) is 6.10 Å². The highest BCUT2D eigenvalue weighted by Gasteiger charge is 2.53. The Morgan fingerprint density at radius 1 is 1.00 bits per heavy atom. The number of piperidine rings is 1. The molecule has 0 aromatic heterocycles. The average molecular weight is 394 g/mol. The fourth-order valence-electron chi connectivity index (χ4n) is 5.07. The smallest absolute Gasteiger partial charge is 0.339 e. The summed E-state index contributed by atoms with van der Waals surface area (Å²) >= 11 is 0. The molecule has 2 bridgehead atoms. The van der Waals surface area contributed by atoms with E-state index in [0.29, 0.717) is 24.2 Å². The second kappa shape index (κ2) is 8.09. The first-order valence-electron chi connectivity index (χ1n) is 10.3. The van der Waals surface area contributed by atoms with Crippen molar-refractivity contribution in [3.63, 3.8) is 0 Å². The number of hydrogen-bond donors (Lipinski definition) is 1. The summed E-state index contributed by atoms with van der Waals surface area (Å²) in [6.07, 6.45) is 2.11. The van der Waals surface area contributed by atoms with Crippen molar-refractivity contribution in [2.45, 2.75) is 50.0 Å². The number of likely N-dealkylation sites (N-methyl/N-ethyl adjacent to an activating group) is 1. The van der Waals surface area contributed by atoms with Gasteiger partial charge in [0, 0.05) is 31.2 Å². The standard InChI is InChI=1S/C24H28NO4/c1-25(16-22(26)17-8-4-2-5-9-17)19-12-13-20(25)15-21(14-19)29-24(28)23(27)18-10-6-3-7-11-18/h2-11,19-21,23,27H,12-16H2,1H3/q+1/t19-,20+,21?,23?,25?. The summed E-state index contributed by atoms with van der Waals surface area (Å²) in [6.45, 7) is 0.479. The molecular weight excluding hydrogens is 366 g/mol. The molecule has 0 radical (unpaired) electrons. The molecule has 29 heavy (non-hydrogen) atoms. The number of nitrogens with zero attached hydrogens (tertiary/aromatic N) is 1. The number of aliphatic hydroxyl groups is 1. The molecule has 2 heterocycles. The lowest BCUT2D eigenvalue weighted by Crippen LogP contribution is -2.60. The summed E-state index contributed by atoms with van der Waals surface area (Å²) in [7, 11) is 2.17. The second-order valence-electron chi connectivity index (χ2n) is 8.52. The monoisotopic (exact) mass is 394 g/mol. The van der Waals surface area contributed by atoms with Crippen molar-refractivity contribution >= 4 is 11.8 Å². The zero-order chi connectivity index (χ0) is 20.4. The predicted molar refractivity (Wildman–Crippen MR) is 109 cm³/mol. The Labute approximate surface area is 171 Å². The Kier molecular flexibility index (Phi) is 5.52. The van der Waals surface area contributed by atoms with E-state index in [1.165, 1.54) is 0 Å². The minimum atomic E-state index is -1.25. The van der Waals surface area contributed by atoms with Crippen LogP contribution in [0.3, 0.4) is 0 Å². The van der Waals surface area contributed by atoms with E-state index in [9.17, 15) is 14.7 Å². The molecule has 3 unspecified atom stereocenters. The maximum atomic E-state index is 12.8. The third kappa shape index (κ3) is 3.98. The number of carbonyl (C=O) groups excluding carboxylic acids is 2. The van der Waals surface area contributed by atoms with Gasteiger partial charge in [0.2, 0.25) is 5.78 Å². The van der Waals surface area contributed by atoms with Crippen molar-refractivity contribution in [3.05, 3.63) is 71.8 Å². The normalized spacial score (nSPS) is 29.2. The summed E-state index contributed by atoms with van der Waals surface area (Å²) in [5.74, 6) is -0.419. The van der Waals surface area contributed by atoms with Gasteiger partial charge >= 0.3 is 5.97 Å². The molecule has 1 N–H and O–H groups in total. The third-order valence-corrected chi connectivity index (χ3v) is 6.77. The lowest BCUT2D eigenvalue weighted by Gasteiger charge is -2.46. The van der Waals surface area contributed by atoms with Gasteiger partial charge in [0.05, 0.1) is 19.1 Å². The number of esters is 1. The zero-order valence-electron chi connectivity index (χ0n) is 16.7. The molecule has 2 aromatic carbocycles. The summed E-state index contributed by atoms with van der Waals surface area (Å²) < 4.78 is 6.41. The minimum absolute atomic E-state index is 0.167. The Morgan fingerprint density at radius 2 is 1.55 bits per heavy atom. The molecule has 5 atom stereocenters. The molecule has 5 nitrogen and oxygen atoms in total. The number of hydrogen-bond acceptors (Lipinski definition) is 4. The number of carbonyl (C=O) groups is 2. The first-order valence-corrected chi connectivity index (χ1v) is 10.3. The van der Waals surface area contributed by atoms with Crippen LogP contribution in [0.2, 0.25) is 0 Å². The van der Waals surface area contributed by atoms with E-state index in [1.54, 1.807) is 24.3 Å². The van der Waals surface area contributed by atoms with Gasteiger partial charge in [-0.2, -0.15) is 0 Å². The third-order valence-electron chi connectivity index (χ3n) is 6.77. The van der Waals surface area contributed by atoms with Gasteiger partial charge in [0.25, 0.3) is 0 Å². The van der Waals surface area contributed by atoms with Crippen LogP contribution in [0, 0.1) is 0 Å². The van der Waals surface area contributed by atoms with Crippen LogP contribution < -0.4 is 0 Å². The number of ether oxygens (including phenoxy) is 1. The van der Waals surface area contributed by atoms with Gasteiger partial charge in [-0.3, -0.25) is 4.79 Å². The van der Waals surface area contributed by atoms with Crippen molar-refractivity contribution < 1.29 is 23.9 Å². The minimum Gasteiger partial charge on any atom is -0.460 e. The number of Topliss-reactive ketones (excluding diaryl/α,β-unsaturated/α-hetero) is 1. The number of ketones is 1. The topological polar surface area (TPSA) is 63.6 Å². The number of quaternary nitrogens is 1. The lowest BCUT2D eigenvalue weighted by molar-refractivity contribution is -0.941. The van der Waals surface area contributed by atoms with Crippen molar-refractivity contribution in [1.29, 1.82) is 0 Å². The molecule has 2 aliphatic rings. The van der Waals surface area contributed by atoms with Gasteiger partial charge in [-0.05, 0) is 5.56 Å². The van der Waals surface area contributed by atoms with E-state index in [2.05, 4.69) is 7.05 Å². The van der Waals surface area contributed by atoms with Crippen LogP contribution in [0.25, 0.3) is 0 Å². The first-order chi connectivity index (χ1) is 14.0. The highest BCUT2D eigenvalue weighted by Crippen LogP contribution is 2.42. The van der Waals surface area contributed by atoms with Gasteiger partial charge in [-0.25, -0.2) is 4.79 Å². The van der Waals surface area contributed by atoms with E-state index in [1.807, 2.05) is 36.4 Å². The average Bonchev–Trinajstić information content (AvgIpc) is 2.91. The van der Waals surface area contributed by atoms with Crippen LogP contribution in [0.4, 0.5) is 0 Å². The van der Waals surface area contributed by atoms with Crippen molar-refractivity contribution in [2.24, 2.45) is 0 Å². The fourth-order valence-corrected chi connectivity index (χ4v) is 5.07. The number of aliphatic hydroxyl groups excluding tert-OH is 1. The summed E-state index contributed by atoms with van der Waals surface area (Å²) in [6, 6.07) is 18.9. The van der Waals surface area contributed by atoms with Crippen LogP contribution >= 0.6 is 0 Å². The summed E-state index contributed by atoms with van der Waals surface area (Å²) in [4.78, 5) is 25.2. The molecule has 2 fully saturated rings. The SMILES string of the molecule is C[N+]1(CC(=O)c2ccccc2)[C@@H]2CC[C@H]1CC(OC(=O)C(O)c1ccccc1)C2. The first kappa shape index (κ1) is 19.8. The maximum absolute atomic E-state index is 12.8. The second-order valence-corrected chi connectivity index (χ2v) is 8.52. The largest absolute Gasteiger partial charge is 0.460 e. The van der Waals surface area contributed by atoms with Crippen molar-refractivity contribution in [3.8, 4) is 0 Å². The molecule has 0 spiro atoms. The molecule has 0 aliphatic carbocycles. The number of fused-ring (bicyclic) bond motifs is 2. The van der Waals surface area contributed by atoms with Gasteiger partial charge in [-0.1, -0.05) is 60.7 Å². The van der Waals surface area contributed by atoms with E-state index in [0.717, 1.165) is 35.7 Å². The highest BCUT2D eigenvalue weighted by molar-refractivity contribution is 5.97. The van der Waals surface area contributed by atoms with Crippen LogP contribution in [0.1, 0.15) is 47.7 Å². The maximum Gasteiger partial charge on any atom is 0.339 e. The zero-order valence-corrected chi connectivity index (χ0v) is 16.7. The highest BCUT2D eigenvalue weighted by atomic mass is 16.6. The van der Waals surface area contributed by atoms with Crippen LogP contribution in [-0.2, 0) is 9.53 Å². The van der Waals surface area contributed by atoms with Gasteiger partial charge in [-0.15, -0.1) is 0 Å². The van der Waals surface area contributed by atoms with E-state index >= 15 is 0 Å². The van der Waals surface area contributed by atoms with Crippen molar-refractivity contribution in [1.82, 2.24) is 0 Å². The Balaban J connectivity index is 1.40. The molecule has 2 saturated heterocycles. The molecule has 2 aromatic rings. The molecule has 0 saturated carbocycles. The van der Waals surface area contributed by atoms with Crippen LogP contribution in [0.15, 0.2) is 60.7 Å². The molecule has 152 valence electrons. The predicted octanol–water partition coefficient (Wildman–Crippen LogP) is 3.29. The number of benzene rings is 2. The van der Waals surface area contributed by atoms with Gasteiger partial charge in [0.1, 0.15) is 12.6 Å². The van der Waals surface area contributed by atoms with E-state index in [-0.39, 0.29) is 11.9 Å². The fraction of sp³-hybridized carbons (Fsp3) is 0.417. The Morgan fingerprint density at radius 3 is 2.14 bits per heavy atom. The molecule has 2 aliphatic heterocycles. The summed E-state index contributed by atoms with van der Waals surface area (Å²) in [5, 5.41) is 10.3. The molecule has 5 heteroatoms. The van der Waals surface area contributed by atoms with E-state index in [4.69, 9.17) is 4.74 Å². The quantitative estimate of drug-likeness (QED) is 0.464. The number of rotatable bonds is 6. The van der Waals surface area contributed by atoms with Crippen LogP contribution in [0.5, 0.6) is 0 Å². The van der Waals surface area contributed by atoms with Gasteiger partial charge < -0.3 is 14.3 Å². The Hall–Kier alpha value is -2.50.